The summed E-state index contributed by atoms with van der Waals surface area (Å²) in [6, 6.07) is 21.2. The molecular formula is C20H19N3O2S. The van der Waals surface area contributed by atoms with Crippen LogP contribution in [0.2, 0.25) is 0 Å². The Hall–Kier alpha value is -2.86. The third-order valence-corrected chi connectivity index (χ3v) is 4.63. The lowest BCUT2D eigenvalue weighted by atomic mass is 10.1. The topological polar surface area (TPSA) is 64.1 Å². The number of carbonyl (C=O) groups excluding carboxylic acids is 1. The standard InChI is InChI=1S/C20H19N3O2S/c1-25-18-10-6-5-9-16(18)17-11-12-20(23-22-17)26-14-19(24)21-13-15-7-3-2-4-8-15/h2-12H,13-14H2,1H3,(H,21,24). The maximum atomic E-state index is 12.0. The Bertz CT molecular complexity index is 854. The van der Waals surface area contributed by atoms with Crippen LogP contribution in [0.15, 0.2) is 71.8 Å². The number of amides is 1. The second kappa shape index (κ2) is 9.01. The zero-order valence-electron chi connectivity index (χ0n) is 14.4. The van der Waals surface area contributed by atoms with Gasteiger partial charge in [0.2, 0.25) is 5.91 Å². The molecule has 0 fully saturated rings. The van der Waals surface area contributed by atoms with Gasteiger partial charge in [0, 0.05) is 12.1 Å². The van der Waals surface area contributed by atoms with E-state index in [2.05, 4.69) is 15.5 Å². The molecule has 0 radical (unpaired) electrons. The number of ether oxygens (including phenoxy) is 1. The highest BCUT2D eigenvalue weighted by molar-refractivity contribution is 7.99. The first kappa shape index (κ1) is 17.9. The van der Waals surface area contributed by atoms with Crippen molar-refractivity contribution in [2.75, 3.05) is 12.9 Å². The van der Waals surface area contributed by atoms with Gasteiger partial charge >= 0.3 is 0 Å². The number of benzene rings is 2. The van der Waals surface area contributed by atoms with E-state index in [4.69, 9.17) is 4.74 Å². The van der Waals surface area contributed by atoms with Crippen LogP contribution in [0.5, 0.6) is 5.75 Å². The van der Waals surface area contributed by atoms with Gasteiger partial charge in [-0.3, -0.25) is 4.79 Å². The molecule has 3 rings (SSSR count). The first-order valence-electron chi connectivity index (χ1n) is 8.17. The van der Waals surface area contributed by atoms with Gasteiger partial charge < -0.3 is 10.1 Å². The van der Waals surface area contributed by atoms with E-state index in [9.17, 15) is 4.79 Å². The highest BCUT2D eigenvalue weighted by Gasteiger charge is 2.08. The van der Waals surface area contributed by atoms with E-state index >= 15 is 0 Å². The fourth-order valence-corrected chi connectivity index (χ4v) is 3.03. The van der Waals surface area contributed by atoms with Crippen molar-refractivity contribution in [2.24, 2.45) is 0 Å². The Kier molecular flexibility index (Phi) is 6.22. The van der Waals surface area contributed by atoms with Gasteiger partial charge in [-0.1, -0.05) is 54.2 Å². The summed E-state index contributed by atoms with van der Waals surface area (Å²) in [5, 5.41) is 12.0. The highest BCUT2D eigenvalue weighted by Crippen LogP contribution is 2.28. The van der Waals surface area contributed by atoms with Gasteiger partial charge in [0.05, 0.1) is 18.6 Å². The van der Waals surface area contributed by atoms with Crippen LogP contribution in [0.4, 0.5) is 0 Å². The monoisotopic (exact) mass is 365 g/mol. The van der Waals surface area contributed by atoms with Crippen molar-refractivity contribution < 1.29 is 9.53 Å². The van der Waals surface area contributed by atoms with Crippen LogP contribution < -0.4 is 10.1 Å². The number of nitrogens with zero attached hydrogens (tertiary/aromatic N) is 2. The summed E-state index contributed by atoms with van der Waals surface area (Å²) in [6.45, 7) is 0.526. The van der Waals surface area contributed by atoms with Gasteiger partial charge in [-0.25, -0.2) is 0 Å². The molecule has 0 aliphatic heterocycles. The molecule has 0 aliphatic rings. The van der Waals surface area contributed by atoms with E-state index in [1.165, 1.54) is 11.8 Å². The zero-order chi connectivity index (χ0) is 18.2. The van der Waals surface area contributed by atoms with Gasteiger partial charge in [0.25, 0.3) is 0 Å². The molecule has 5 nitrogen and oxygen atoms in total. The summed E-state index contributed by atoms with van der Waals surface area (Å²) in [5.41, 5.74) is 2.70. The highest BCUT2D eigenvalue weighted by atomic mass is 32.2. The molecule has 2 aromatic carbocycles. The Morgan fingerprint density at radius 2 is 1.77 bits per heavy atom. The molecule has 1 N–H and O–H groups in total. The van der Waals surface area contributed by atoms with Crippen molar-refractivity contribution in [2.45, 2.75) is 11.6 Å². The number of nitrogens with one attached hydrogen (secondary N) is 1. The Labute approximate surface area is 156 Å². The van der Waals surface area contributed by atoms with Gasteiger partial charge in [-0.15, -0.1) is 10.2 Å². The first-order chi connectivity index (χ1) is 12.8. The number of thioether (sulfide) groups is 1. The molecule has 1 aromatic heterocycles. The molecular weight excluding hydrogens is 346 g/mol. The molecule has 132 valence electrons. The van der Waals surface area contributed by atoms with Gasteiger partial charge in [0.1, 0.15) is 10.8 Å². The van der Waals surface area contributed by atoms with Gasteiger partial charge in [-0.05, 0) is 29.8 Å². The lowest BCUT2D eigenvalue weighted by molar-refractivity contribution is -0.118. The van der Waals surface area contributed by atoms with Crippen LogP contribution in [0.3, 0.4) is 0 Å². The Morgan fingerprint density at radius 3 is 2.50 bits per heavy atom. The van der Waals surface area contributed by atoms with Gasteiger partial charge in [-0.2, -0.15) is 0 Å². The third-order valence-electron chi connectivity index (χ3n) is 3.71. The first-order valence-corrected chi connectivity index (χ1v) is 9.15. The van der Waals surface area contributed by atoms with E-state index in [1.54, 1.807) is 7.11 Å². The molecule has 0 atom stereocenters. The van der Waals surface area contributed by atoms with Crippen molar-refractivity contribution in [3.05, 3.63) is 72.3 Å². The average Bonchev–Trinajstić information content (AvgIpc) is 2.72. The molecule has 6 heteroatoms. The minimum Gasteiger partial charge on any atom is -0.496 e. The molecule has 26 heavy (non-hydrogen) atoms. The fourth-order valence-electron chi connectivity index (χ4n) is 2.38. The van der Waals surface area contributed by atoms with E-state index < -0.39 is 0 Å². The van der Waals surface area contributed by atoms with Crippen molar-refractivity contribution in [1.82, 2.24) is 15.5 Å². The number of methoxy groups -OCH3 is 1. The normalized spacial score (nSPS) is 10.3. The molecule has 0 spiro atoms. The number of para-hydroxylation sites is 1. The number of hydrogen-bond acceptors (Lipinski definition) is 5. The second-order valence-electron chi connectivity index (χ2n) is 5.51. The maximum absolute atomic E-state index is 12.0. The van der Waals surface area contributed by atoms with Crippen LogP contribution in [0.1, 0.15) is 5.56 Å². The Balaban J connectivity index is 1.53. The summed E-state index contributed by atoms with van der Waals surface area (Å²) < 4.78 is 5.35. The predicted molar refractivity (Wildman–Crippen MR) is 103 cm³/mol. The van der Waals surface area contributed by atoms with Crippen LogP contribution in [0, 0.1) is 0 Å². The Morgan fingerprint density at radius 1 is 1.00 bits per heavy atom. The largest absolute Gasteiger partial charge is 0.496 e. The molecule has 3 aromatic rings. The maximum Gasteiger partial charge on any atom is 0.230 e. The minimum atomic E-state index is -0.0329. The quantitative estimate of drug-likeness (QED) is 0.649. The van der Waals surface area contributed by atoms with Crippen molar-refractivity contribution >= 4 is 17.7 Å². The van der Waals surface area contributed by atoms with Crippen LogP contribution in [-0.2, 0) is 11.3 Å². The summed E-state index contributed by atoms with van der Waals surface area (Å²) >= 11 is 1.36. The van der Waals surface area contributed by atoms with E-state index in [0.717, 1.165) is 22.6 Å². The summed E-state index contributed by atoms with van der Waals surface area (Å²) in [4.78, 5) is 12.0. The van der Waals surface area contributed by atoms with E-state index in [-0.39, 0.29) is 5.91 Å². The van der Waals surface area contributed by atoms with E-state index in [1.807, 2.05) is 66.7 Å². The molecule has 1 heterocycles. The number of carbonyl (C=O) groups is 1. The lowest BCUT2D eigenvalue weighted by Gasteiger charge is -2.07. The third kappa shape index (κ3) is 4.83. The van der Waals surface area contributed by atoms with Crippen molar-refractivity contribution in [1.29, 1.82) is 0 Å². The van der Waals surface area contributed by atoms with Crippen molar-refractivity contribution in [3.8, 4) is 17.0 Å². The van der Waals surface area contributed by atoms with Crippen molar-refractivity contribution in [3.63, 3.8) is 0 Å². The molecule has 0 saturated carbocycles. The zero-order valence-corrected chi connectivity index (χ0v) is 15.2. The predicted octanol–water partition coefficient (Wildman–Crippen LogP) is 3.56. The van der Waals surface area contributed by atoms with E-state index in [0.29, 0.717) is 17.3 Å². The molecule has 0 saturated heterocycles. The van der Waals surface area contributed by atoms with Crippen LogP contribution in [0.25, 0.3) is 11.3 Å². The van der Waals surface area contributed by atoms with Crippen LogP contribution >= 0.6 is 11.8 Å². The average molecular weight is 365 g/mol. The smallest absolute Gasteiger partial charge is 0.230 e. The number of rotatable bonds is 7. The SMILES string of the molecule is COc1ccccc1-c1ccc(SCC(=O)NCc2ccccc2)nn1. The number of hydrogen-bond donors (Lipinski definition) is 1. The lowest BCUT2D eigenvalue weighted by Crippen LogP contribution is -2.24. The molecule has 1 amide bonds. The fraction of sp³-hybridized carbons (Fsp3) is 0.150. The summed E-state index contributed by atoms with van der Waals surface area (Å²) in [5.74, 6) is 1.02. The number of aromatic nitrogens is 2. The summed E-state index contributed by atoms with van der Waals surface area (Å²) in [7, 11) is 1.63. The summed E-state index contributed by atoms with van der Waals surface area (Å²) in [6.07, 6.45) is 0. The minimum absolute atomic E-state index is 0.0329. The second-order valence-corrected chi connectivity index (χ2v) is 6.50. The molecule has 0 unspecified atom stereocenters. The van der Waals surface area contributed by atoms with Gasteiger partial charge in [0.15, 0.2) is 0 Å². The van der Waals surface area contributed by atoms with Crippen LogP contribution in [-0.4, -0.2) is 29.0 Å². The molecule has 0 bridgehead atoms. The molecule has 0 aliphatic carbocycles.